The normalized spacial score (nSPS) is 9.88. The lowest BCUT2D eigenvalue weighted by atomic mass is 10.0. The van der Waals surface area contributed by atoms with Crippen molar-refractivity contribution < 1.29 is 9.59 Å². The topological polar surface area (TPSA) is 60.2 Å². The van der Waals surface area contributed by atoms with Gasteiger partial charge in [0.1, 0.15) is 0 Å². The number of aldehydes is 1. The lowest BCUT2D eigenvalue weighted by Crippen LogP contribution is -2.03. The molecule has 0 spiro atoms. The molecule has 0 atom stereocenters. The largest absolute Gasteiger partial charge is 0.398 e. The molecule has 0 aliphatic rings. The van der Waals surface area contributed by atoms with Gasteiger partial charge in [-0.05, 0) is 12.1 Å². The van der Waals surface area contributed by atoms with Crippen molar-refractivity contribution in [1.29, 1.82) is 0 Å². The van der Waals surface area contributed by atoms with Gasteiger partial charge < -0.3 is 5.73 Å². The van der Waals surface area contributed by atoms with E-state index >= 15 is 0 Å². The lowest BCUT2D eigenvalue weighted by molar-refractivity contribution is 0.103. The molecular formula is C14H11NO2. The van der Waals surface area contributed by atoms with Gasteiger partial charge in [-0.25, -0.2) is 0 Å². The minimum Gasteiger partial charge on any atom is -0.398 e. The highest BCUT2D eigenvalue weighted by Crippen LogP contribution is 2.15. The Balaban J connectivity index is 2.39. The van der Waals surface area contributed by atoms with Crippen molar-refractivity contribution in [3.63, 3.8) is 0 Å². The second kappa shape index (κ2) is 4.61. The van der Waals surface area contributed by atoms with Crippen LogP contribution in [0, 0.1) is 0 Å². The van der Waals surface area contributed by atoms with E-state index in [1.54, 1.807) is 36.4 Å². The Hall–Kier alpha value is -2.42. The lowest BCUT2D eigenvalue weighted by Gasteiger charge is -2.03. The highest BCUT2D eigenvalue weighted by molar-refractivity contribution is 6.09. The van der Waals surface area contributed by atoms with Crippen LogP contribution in [0.4, 0.5) is 5.69 Å². The van der Waals surface area contributed by atoms with Crippen molar-refractivity contribution in [3.8, 4) is 0 Å². The van der Waals surface area contributed by atoms with E-state index in [0.717, 1.165) is 0 Å². The highest BCUT2D eigenvalue weighted by atomic mass is 16.1. The van der Waals surface area contributed by atoms with Crippen LogP contribution in [0.5, 0.6) is 0 Å². The van der Waals surface area contributed by atoms with E-state index in [1.807, 2.05) is 6.07 Å². The molecule has 0 radical (unpaired) electrons. The summed E-state index contributed by atoms with van der Waals surface area (Å²) in [6.45, 7) is 0. The van der Waals surface area contributed by atoms with Crippen LogP contribution >= 0.6 is 0 Å². The number of rotatable bonds is 3. The first-order chi connectivity index (χ1) is 8.22. The fraction of sp³-hybridized carbons (Fsp3) is 0. The molecule has 0 aliphatic carbocycles. The Morgan fingerprint density at radius 2 is 1.71 bits per heavy atom. The summed E-state index contributed by atoms with van der Waals surface area (Å²) in [5.41, 5.74) is 7.47. The van der Waals surface area contributed by atoms with Gasteiger partial charge in [0.25, 0.3) is 0 Å². The van der Waals surface area contributed by atoms with E-state index in [4.69, 9.17) is 5.73 Å². The van der Waals surface area contributed by atoms with Crippen molar-refractivity contribution in [2.45, 2.75) is 0 Å². The van der Waals surface area contributed by atoms with E-state index < -0.39 is 0 Å². The van der Waals surface area contributed by atoms with Crippen LogP contribution in [0.25, 0.3) is 0 Å². The van der Waals surface area contributed by atoms with Gasteiger partial charge in [-0.3, -0.25) is 9.59 Å². The molecule has 0 aromatic heterocycles. The van der Waals surface area contributed by atoms with Crippen molar-refractivity contribution in [2.75, 3.05) is 5.73 Å². The number of hydrogen-bond acceptors (Lipinski definition) is 3. The summed E-state index contributed by atoms with van der Waals surface area (Å²) < 4.78 is 0. The standard InChI is InChI=1S/C14H11NO2/c15-13-8-11(6-7-12(13)9-16)14(17)10-4-2-1-3-5-10/h1-9H,15H2. The average molecular weight is 225 g/mol. The Bertz CT molecular complexity index is 562. The average Bonchev–Trinajstić information content (AvgIpc) is 2.39. The number of carbonyl (C=O) groups is 2. The molecule has 0 bridgehead atoms. The molecule has 0 amide bonds. The molecule has 2 rings (SSSR count). The van der Waals surface area contributed by atoms with E-state index in [0.29, 0.717) is 28.7 Å². The second-order valence-electron chi connectivity index (χ2n) is 3.66. The molecule has 17 heavy (non-hydrogen) atoms. The van der Waals surface area contributed by atoms with Gasteiger partial charge in [-0.15, -0.1) is 0 Å². The van der Waals surface area contributed by atoms with Gasteiger partial charge in [0.05, 0.1) is 0 Å². The summed E-state index contributed by atoms with van der Waals surface area (Å²) >= 11 is 0. The van der Waals surface area contributed by atoms with Crippen molar-refractivity contribution >= 4 is 17.8 Å². The Labute approximate surface area is 98.9 Å². The molecule has 3 nitrogen and oxygen atoms in total. The van der Waals surface area contributed by atoms with E-state index in [1.165, 1.54) is 6.07 Å². The van der Waals surface area contributed by atoms with Crippen LogP contribution in [0.1, 0.15) is 26.3 Å². The summed E-state index contributed by atoms with van der Waals surface area (Å²) in [4.78, 5) is 22.7. The third kappa shape index (κ3) is 2.23. The zero-order chi connectivity index (χ0) is 12.3. The molecular weight excluding hydrogens is 214 g/mol. The zero-order valence-corrected chi connectivity index (χ0v) is 9.09. The first-order valence-electron chi connectivity index (χ1n) is 5.17. The fourth-order valence-corrected chi connectivity index (χ4v) is 1.58. The van der Waals surface area contributed by atoms with Gasteiger partial charge >= 0.3 is 0 Å². The van der Waals surface area contributed by atoms with Gasteiger partial charge in [-0.2, -0.15) is 0 Å². The molecule has 0 fully saturated rings. The van der Waals surface area contributed by atoms with Crippen LogP contribution in [-0.2, 0) is 0 Å². The Morgan fingerprint density at radius 1 is 1.00 bits per heavy atom. The Morgan fingerprint density at radius 3 is 2.29 bits per heavy atom. The summed E-state index contributed by atoms with van der Waals surface area (Å²) in [6.07, 6.45) is 0.673. The summed E-state index contributed by atoms with van der Waals surface area (Å²) in [5.74, 6) is -0.102. The van der Waals surface area contributed by atoms with Crippen LogP contribution in [0.3, 0.4) is 0 Å². The molecule has 0 unspecified atom stereocenters. The fourth-order valence-electron chi connectivity index (χ4n) is 1.58. The maximum atomic E-state index is 12.1. The number of hydrogen-bond donors (Lipinski definition) is 1. The van der Waals surface area contributed by atoms with Gasteiger partial charge in [0.15, 0.2) is 12.1 Å². The smallest absolute Gasteiger partial charge is 0.193 e. The predicted molar refractivity (Wildman–Crippen MR) is 66.1 cm³/mol. The summed E-state index contributed by atoms with van der Waals surface area (Å²) in [5, 5.41) is 0. The Kier molecular flexibility index (Phi) is 3.01. The summed E-state index contributed by atoms with van der Waals surface area (Å²) in [7, 11) is 0. The maximum Gasteiger partial charge on any atom is 0.193 e. The van der Waals surface area contributed by atoms with Crippen molar-refractivity contribution in [2.24, 2.45) is 0 Å². The van der Waals surface area contributed by atoms with E-state index in [2.05, 4.69) is 0 Å². The van der Waals surface area contributed by atoms with Crippen LogP contribution in [0.15, 0.2) is 48.5 Å². The first-order valence-corrected chi connectivity index (χ1v) is 5.17. The van der Waals surface area contributed by atoms with Gasteiger partial charge in [0.2, 0.25) is 0 Å². The number of ketones is 1. The molecule has 0 saturated heterocycles. The van der Waals surface area contributed by atoms with Crippen molar-refractivity contribution in [3.05, 3.63) is 65.2 Å². The molecule has 0 heterocycles. The number of nitrogens with two attached hydrogens (primary N) is 1. The number of nitrogen functional groups attached to an aromatic ring is 1. The van der Waals surface area contributed by atoms with Crippen LogP contribution in [0.2, 0.25) is 0 Å². The predicted octanol–water partition coefficient (Wildman–Crippen LogP) is 2.31. The molecule has 0 aliphatic heterocycles. The molecule has 84 valence electrons. The molecule has 0 saturated carbocycles. The third-order valence-corrected chi connectivity index (χ3v) is 2.51. The number of carbonyl (C=O) groups excluding carboxylic acids is 2. The summed E-state index contributed by atoms with van der Waals surface area (Å²) in [6, 6.07) is 13.6. The number of benzene rings is 2. The van der Waals surface area contributed by atoms with E-state index in [-0.39, 0.29) is 5.78 Å². The quantitative estimate of drug-likeness (QED) is 0.495. The molecule has 3 heteroatoms. The first kappa shape index (κ1) is 11.1. The monoisotopic (exact) mass is 225 g/mol. The SMILES string of the molecule is Nc1cc(C(=O)c2ccccc2)ccc1C=O. The third-order valence-electron chi connectivity index (χ3n) is 2.51. The van der Waals surface area contributed by atoms with Crippen LogP contribution < -0.4 is 5.73 Å². The zero-order valence-electron chi connectivity index (χ0n) is 9.09. The van der Waals surface area contributed by atoms with Crippen LogP contribution in [-0.4, -0.2) is 12.1 Å². The molecule has 2 aromatic rings. The molecule has 2 aromatic carbocycles. The number of anilines is 1. The minimum atomic E-state index is -0.102. The highest BCUT2D eigenvalue weighted by Gasteiger charge is 2.09. The second-order valence-corrected chi connectivity index (χ2v) is 3.66. The maximum absolute atomic E-state index is 12.1. The molecule has 2 N–H and O–H groups in total. The van der Waals surface area contributed by atoms with Gasteiger partial charge in [0, 0.05) is 22.4 Å². The van der Waals surface area contributed by atoms with Crippen molar-refractivity contribution in [1.82, 2.24) is 0 Å². The minimum absolute atomic E-state index is 0.102. The van der Waals surface area contributed by atoms with Gasteiger partial charge in [-0.1, -0.05) is 36.4 Å². The van der Waals surface area contributed by atoms with E-state index in [9.17, 15) is 9.59 Å².